The van der Waals surface area contributed by atoms with Crippen molar-refractivity contribution in [2.45, 2.75) is 13.3 Å². The number of benzene rings is 1. The van der Waals surface area contributed by atoms with Crippen LogP contribution in [0.2, 0.25) is 0 Å². The highest BCUT2D eigenvalue weighted by Crippen LogP contribution is 2.31. The Kier molecular flexibility index (Phi) is 6.11. The van der Waals surface area contributed by atoms with Gasteiger partial charge < -0.3 is 15.2 Å². The van der Waals surface area contributed by atoms with Crippen LogP contribution < -0.4 is 15.2 Å². The molecule has 0 heterocycles. The SMILES string of the molecule is CCOc1cccc(CCN)c1OCCS(C)(=O)=O. The molecule has 2 N–H and O–H groups in total. The molecule has 5 nitrogen and oxygen atoms in total. The van der Waals surface area contributed by atoms with E-state index in [1.54, 1.807) is 6.07 Å². The molecule has 0 saturated heterocycles. The van der Waals surface area contributed by atoms with Crippen LogP contribution in [0.1, 0.15) is 12.5 Å². The van der Waals surface area contributed by atoms with Crippen LogP contribution in [0.3, 0.4) is 0 Å². The zero-order chi connectivity index (χ0) is 14.3. The predicted octanol–water partition coefficient (Wildman–Crippen LogP) is 1.01. The van der Waals surface area contributed by atoms with Crippen LogP contribution in [0.4, 0.5) is 0 Å². The number of ether oxygens (including phenoxy) is 2. The highest BCUT2D eigenvalue weighted by atomic mass is 32.2. The minimum atomic E-state index is -3.04. The van der Waals surface area contributed by atoms with E-state index >= 15 is 0 Å². The van der Waals surface area contributed by atoms with Crippen LogP contribution in [0, 0.1) is 0 Å². The van der Waals surface area contributed by atoms with Gasteiger partial charge in [-0.15, -0.1) is 0 Å². The number of para-hydroxylation sites is 1. The molecule has 0 aliphatic carbocycles. The molecule has 1 aromatic carbocycles. The summed E-state index contributed by atoms with van der Waals surface area (Å²) in [5.74, 6) is 1.20. The van der Waals surface area contributed by atoms with Crippen molar-refractivity contribution in [3.8, 4) is 11.5 Å². The van der Waals surface area contributed by atoms with Gasteiger partial charge in [0.2, 0.25) is 0 Å². The fraction of sp³-hybridized carbons (Fsp3) is 0.538. The number of hydrogen-bond acceptors (Lipinski definition) is 5. The lowest BCUT2D eigenvalue weighted by molar-refractivity contribution is 0.286. The van der Waals surface area contributed by atoms with Gasteiger partial charge in [0.1, 0.15) is 6.61 Å². The van der Waals surface area contributed by atoms with Crippen LogP contribution in [0.25, 0.3) is 0 Å². The smallest absolute Gasteiger partial charge is 0.164 e. The molecule has 0 aliphatic rings. The molecule has 0 atom stereocenters. The van der Waals surface area contributed by atoms with E-state index in [2.05, 4.69) is 0 Å². The minimum absolute atomic E-state index is 0.0183. The lowest BCUT2D eigenvalue weighted by atomic mass is 10.1. The minimum Gasteiger partial charge on any atom is -0.490 e. The van der Waals surface area contributed by atoms with Crippen molar-refractivity contribution in [2.75, 3.05) is 31.8 Å². The van der Waals surface area contributed by atoms with Gasteiger partial charge >= 0.3 is 0 Å². The maximum atomic E-state index is 11.1. The molecule has 0 bridgehead atoms. The standard InChI is InChI=1S/C13H21NO4S/c1-3-17-12-6-4-5-11(7-8-14)13(12)18-9-10-19(2,15)16/h4-6H,3,7-10,14H2,1-2H3. The van der Waals surface area contributed by atoms with Crippen molar-refractivity contribution in [3.63, 3.8) is 0 Å². The Labute approximate surface area is 114 Å². The van der Waals surface area contributed by atoms with Gasteiger partial charge in [0, 0.05) is 6.26 Å². The molecule has 0 spiro atoms. The summed E-state index contributed by atoms with van der Waals surface area (Å²) in [6, 6.07) is 5.59. The van der Waals surface area contributed by atoms with Crippen molar-refractivity contribution in [1.29, 1.82) is 0 Å². The van der Waals surface area contributed by atoms with Crippen molar-refractivity contribution < 1.29 is 17.9 Å². The zero-order valence-electron chi connectivity index (χ0n) is 11.4. The number of nitrogens with two attached hydrogens (primary N) is 1. The van der Waals surface area contributed by atoms with Gasteiger partial charge in [-0.1, -0.05) is 12.1 Å². The summed E-state index contributed by atoms with van der Waals surface area (Å²) in [4.78, 5) is 0. The van der Waals surface area contributed by atoms with Gasteiger partial charge in [-0.25, -0.2) is 8.42 Å². The highest BCUT2D eigenvalue weighted by molar-refractivity contribution is 7.90. The first-order valence-corrected chi connectivity index (χ1v) is 8.29. The molecule has 0 aromatic heterocycles. The Hall–Kier alpha value is -1.27. The Morgan fingerprint density at radius 1 is 1.26 bits per heavy atom. The van der Waals surface area contributed by atoms with Crippen molar-refractivity contribution in [3.05, 3.63) is 23.8 Å². The maximum Gasteiger partial charge on any atom is 0.164 e. The normalized spacial score (nSPS) is 11.3. The molecule has 0 aliphatic heterocycles. The first-order valence-electron chi connectivity index (χ1n) is 6.23. The second kappa shape index (κ2) is 7.35. The Morgan fingerprint density at radius 2 is 2.00 bits per heavy atom. The molecule has 0 fully saturated rings. The molecule has 108 valence electrons. The third-order valence-corrected chi connectivity index (χ3v) is 3.38. The van der Waals surface area contributed by atoms with Gasteiger partial charge in [0.15, 0.2) is 21.3 Å². The summed E-state index contributed by atoms with van der Waals surface area (Å²) >= 11 is 0. The average molecular weight is 287 g/mol. The monoisotopic (exact) mass is 287 g/mol. The van der Waals surface area contributed by atoms with E-state index in [0.717, 1.165) is 5.56 Å². The molecule has 0 amide bonds. The van der Waals surface area contributed by atoms with Crippen LogP contribution >= 0.6 is 0 Å². The molecule has 1 aromatic rings. The van der Waals surface area contributed by atoms with E-state index in [9.17, 15) is 8.42 Å². The van der Waals surface area contributed by atoms with Crippen LogP contribution in [0.15, 0.2) is 18.2 Å². The lowest BCUT2D eigenvalue weighted by Crippen LogP contribution is -2.14. The lowest BCUT2D eigenvalue weighted by Gasteiger charge is -2.15. The molecule has 0 unspecified atom stereocenters. The molecule has 6 heteroatoms. The van der Waals surface area contributed by atoms with Crippen molar-refractivity contribution in [2.24, 2.45) is 5.73 Å². The quantitative estimate of drug-likeness (QED) is 0.772. The molecule has 1 rings (SSSR count). The Balaban J connectivity index is 2.87. The Morgan fingerprint density at radius 3 is 2.58 bits per heavy atom. The number of hydrogen-bond donors (Lipinski definition) is 1. The van der Waals surface area contributed by atoms with Crippen LogP contribution in [-0.2, 0) is 16.3 Å². The van der Waals surface area contributed by atoms with E-state index in [4.69, 9.17) is 15.2 Å². The number of sulfone groups is 1. The second-order valence-electron chi connectivity index (χ2n) is 4.19. The van der Waals surface area contributed by atoms with Crippen molar-refractivity contribution >= 4 is 9.84 Å². The molecule has 0 saturated carbocycles. The first-order chi connectivity index (χ1) is 8.98. The van der Waals surface area contributed by atoms with E-state index in [0.29, 0.717) is 31.1 Å². The topological polar surface area (TPSA) is 78.6 Å². The first kappa shape index (κ1) is 15.8. The zero-order valence-corrected chi connectivity index (χ0v) is 12.2. The number of rotatable bonds is 8. The predicted molar refractivity (Wildman–Crippen MR) is 75.6 cm³/mol. The third kappa shape index (κ3) is 5.48. The van der Waals surface area contributed by atoms with E-state index in [-0.39, 0.29) is 12.4 Å². The second-order valence-corrected chi connectivity index (χ2v) is 6.45. The van der Waals surface area contributed by atoms with Gasteiger partial charge in [-0.3, -0.25) is 0 Å². The van der Waals surface area contributed by atoms with E-state index in [1.807, 2.05) is 19.1 Å². The van der Waals surface area contributed by atoms with Gasteiger partial charge in [-0.2, -0.15) is 0 Å². The van der Waals surface area contributed by atoms with Gasteiger partial charge in [-0.05, 0) is 31.5 Å². The molecular formula is C13H21NO4S. The van der Waals surface area contributed by atoms with Crippen LogP contribution in [-0.4, -0.2) is 40.2 Å². The molecular weight excluding hydrogens is 266 g/mol. The highest BCUT2D eigenvalue weighted by Gasteiger charge is 2.12. The third-order valence-electron chi connectivity index (χ3n) is 2.47. The fourth-order valence-electron chi connectivity index (χ4n) is 1.64. The fourth-order valence-corrected chi connectivity index (χ4v) is 2.03. The summed E-state index contributed by atoms with van der Waals surface area (Å²) in [5, 5.41) is 0. The maximum absolute atomic E-state index is 11.1. The van der Waals surface area contributed by atoms with E-state index < -0.39 is 9.84 Å². The van der Waals surface area contributed by atoms with E-state index in [1.165, 1.54) is 6.26 Å². The van der Waals surface area contributed by atoms with Gasteiger partial charge in [0.25, 0.3) is 0 Å². The summed E-state index contributed by atoms with van der Waals surface area (Å²) in [6.45, 7) is 3.02. The molecule has 19 heavy (non-hydrogen) atoms. The van der Waals surface area contributed by atoms with Crippen LogP contribution in [0.5, 0.6) is 11.5 Å². The summed E-state index contributed by atoms with van der Waals surface area (Å²) in [7, 11) is -3.04. The molecule has 0 radical (unpaired) electrons. The van der Waals surface area contributed by atoms with Gasteiger partial charge in [0.05, 0.1) is 12.4 Å². The Bertz CT molecular complexity index is 475. The van der Waals surface area contributed by atoms with Crippen molar-refractivity contribution in [1.82, 2.24) is 0 Å². The summed E-state index contributed by atoms with van der Waals surface area (Å²) < 4.78 is 33.3. The summed E-state index contributed by atoms with van der Waals surface area (Å²) in [6.07, 6.45) is 1.85. The summed E-state index contributed by atoms with van der Waals surface area (Å²) in [5.41, 5.74) is 6.49. The largest absolute Gasteiger partial charge is 0.490 e. The average Bonchev–Trinajstić information content (AvgIpc) is 2.31.